The number of hydrogen-bond donors (Lipinski definition) is 1. The number of benzene rings is 2. The van der Waals surface area contributed by atoms with E-state index in [2.05, 4.69) is 0 Å². The normalized spacial score (nSPS) is 19.7. The van der Waals surface area contributed by atoms with E-state index in [1.165, 1.54) is 16.7 Å². The molecule has 0 bridgehead atoms. The fraction of sp³-hybridized carbons (Fsp3) is 0.320. The second kappa shape index (κ2) is 10.5. The number of ketones is 1. The van der Waals surface area contributed by atoms with Crippen molar-refractivity contribution < 1.29 is 24.2 Å². The van der Waals surface area contributed by atoms with Crippen LogP contribution >= 0.6 is 23.4 Å². The minimum Gasteiger partial charge on any atom is -0.456 e. The standard InChI is InChI=1S/C25H24ClNO5S/c26-12-19-15-33-24-21(11-20(29)10-16-4-2-1-3-5-16)23(30)27(24)22(19)25(31)32-14-18-8-6-17(13-28)7-9-18/h1-9,21,24,28H,10-15H2. The van der Waals surface area contributed by atoms with E-state index in [0.717, 1.165) is 16.7 Å². The van der Waals surface area contributed by atoms with Gasteiger partial charge in [0.15, 0.2) is 0 Å². The molecule has 0 aromatic heterocycles. The van der Waals surface area contributed by atoms with Crippen LogP contribution in [0.25, 0.3) is 0 Å². The Kier molecular flexibility index (Phi) is 7.53. The minimum atomic E-state index is -0.593. The molecule has 4 rings (SSSR count). The number of thioether (sulfide) groups is 1. The summed E-state index contributed by atoms with van der Waals surface area (Å²) in [6.07, 6.45) is 0.437. The molecule has 1 saturated heterocycles. The summed E-state index contributed by atoms with van der Waals surface area (Å²) in [5.41, 5.74) is 3.32. The SMILES string of the molecule is O=C(Cc1ccccc1)CC1C(=O)N2C(C(=O)OCc3ccc(CO)cc3)=C(CCl)CSC12. The third-order valence-electron chi connectivity index (χ3n) is 5.78. The Morgan fingerprint density at radius 2 is 1.76 bits per heavy atom. The van der Waals surface area contributed by atoms with E-state index in [0.29, 0.717) is 11.3 Å². The zero-order chi connectivity index (χ0) is 23.4. The molecule has 2 aliphatic heterocycles. The summed E-state index contributed by atoms with van der Waals surface area (Å²) < 4.78 is 5.48. The van der Waals surface area contributed by atoms with Crippen LogP contribution in [-0.4, -0.2) is 44.7 Å². The van der Waals surface area contributed by atoms with Gasteiger partial charge in [-0.05, 0) is 22.3 Å². The number of halogens is 1. The van der Waals surface area contributed by atoms with Gasteiger partial charge in [0.1, 0.15) is 18.1 Å². The molecule has 6 nitrogen and oxygen atoms in total. The third-order valence-corrected chi connectivity index (χ3v) is 7.50. The molecular weight excluding hydrogens is 462 g/mol. The summed E-state index contributed by atoms with van der Waals surface area (Å²) in [4.78, 5) is 39.9. The van der Waals surface area contributed by atoms with Crippen molar-refractivity contribution in [1.29, 1.82) is 0 Å². The van der Waals surface area contributed by atoms with E-state index < -0.39 is 11.9 Å². The van der Waals surface area contributed by atoms with E-state index in [4.69, 9.17) is 21.4 Å². The van der Waals surface area contributed by atoms with Crippen LogP contribution in [0.1, 0.15) is 23.1 Å². The van der Waals surface area contributed by atoms with E-state index in [1.807, 2.05) is 30.3 Å². The summed E-state index contributed by atoms with van der Waals surface area (Å²) in [6.45, 7) is -0.0143. The zero-order valence-electron chi connectivity index (χ0n) is 17.9. The highest BCUT2D eigenvalue weighted by molar-refractivity contribution is 8.00. The maximum atomic E-state index is 13.0. The van der Waals surface area contributed by atoms with E-state index >= 15 is 0 Å². The van der Waals surface area contributed by atoms with E-state index in [1.54, 1.807) is 24.3 Å². The number of aliphatic hydroxyl groups is 1. The highest BCUT2D eigenvalue weighted by Crippen LogP contribution is 2.45. The Balaban J connectivity index is 1.41. The predicted molar refractivity (Wildman–Crippen MR) is 126 cm³/mol. The molecule has 33 heavy (non-hydrogen) atoms. The summed E-state index contributed by atoms with van der Waals surface area (Å²) in [5, 5.41) is 8.88. The summed E-state index contributed by atoms with van der Waals surface area (Å²) in [7, 11) is 0. The second-order valence-corrected chi connectivity index (χ2v) is 9.43. The van der Waals surface area contributed by atoms with Crippen molar-refractivity contribution in [2.24, 2.45) is 5.92 Å². The number of rotatable bonds is 9. The van der Waals surface area contributed by atoms with Crippen LogP contribution in [0.3, 0.4) is 0 Å². The molecule has 1 amide bonds. The topological polar surface area (TPSA) is 83.9 Å². The van der Waals surface area contributed by atoms with Gasteiger partial charge >= 0.3 is 5.97 Å². The largest absolute Gasteiger partial charge is 0.456 e. The number of ether oxygens (including phenoxy) is 1. The van der Waals surface area contributed by atoms with Crippen LogP contribution in [0.4, 0.5) is 0 Å². The fourth-order valence-electron chi connectivity index (χ4n) is 4.01. The predicted octanol–water partition coefficient (Wildman–Crippen LogP) is 3.45. The van der Waals surface area contributed by atoms with Gasteiger partial charge in [0.25, 0.3) is 0 Å². The molecule has 0 saturated carbocycles. The number of nitrogens with zero attached hydrogens (tertiary/aromatic N) is 1. The van der Waals surface area contributed by atoms with Gasteiger partial charge in [-0.1, -0.05) is 54.6 Å². The van der Waals surface area contributed by atoms with Gasteiger partial charge in [-0.3, -0.25) is 14.5 Å². The molecule has 1 fully saturated rings. The van der Waals surface area contributed by atoms with Crippen LogP contribution in [-0.2, 0) is 38.8 Å². The third kappa shape index (κ3) is 5.16. The fourth-order valence-corrected chi connectivity index (χ4v) is 5.76. The molecular formula is C25H24ClNO5S. The van der Waals surface area contributed by atoms with Crippen LogP contribution in [0.5, 0.6) is 0 Å². The van der Waals surface area contributed by atoms with E-state index in [9.17, 15) is 14.4 Å². The molecule has 0 aliphatic carbocycles. The summed E-state index contributed by atoms with van der Waals surface area (Å²) in [6, 6.07) is 16.5. The van der Waals surface area contributed by atoms with Crippen LogP contribution in [0.15, 0.2) is 65.9 Å². The number of aliphatic hydroxyl groups excluding tert-OH is 1. The van der Waals surface area contributed by atoms with Crippen LogP contribution < -0.4 is 0 Å². The quantitative estimate of drug-likeness (QED) is 0.333. The zero-order valence-corrected chi connectivity index (χ0v) is 19.5. The highest BCUT2D eigenvalue weighted by atomic mass is 35.5. The maximum absolute atomic E-state index is 13.0. The number of hydrogen-bond acceptors (Lipinski definition) is 6. The average molecular weight is 486 g/mol. The number of esters is 1. The van der Waals surface area contributed by atoms with Crippen molar-refractivity contribution in [1.82, 2.24) is 4.90 Å². The minimum absolute atomic E-state index is 0.00220. The smallest absolute Gasteiger partial charge is 0.355 e. The molecule has 2 unspecified atom stereocenters. The molecule has 2 aromatic carbocycles. The molecule has 2 atom stereocenters. The van der Waals surface area contributed by atoms with Crippen LogP contribution in [0, 0.1) is 5.92 Å². The van der Waals surface area contributed by atoms with Gasteiger partial charge in [-0.25, -0.2) is 4.79 Å². The maximum Gasteiger partial charge on any atom is 0.355 e. The van der Waals surface area contributed by atoms with Gasteiger partial charge in [-0.15, -0.1) is 23.4 Å². The lowest BCUT2D eigenvalue weighted by Crippen LogP contribution is -2.62. The molecule has 2 aromatic rings. The highest BCUT2D eigenvalue weighted by Gasteiger charge is 2.53. The number of carbonyl (C=O) groups excluding carboxylic acids is 3. The van der Waals surface area contributed by atoms with Crippen molar-refractivity contribution in [2.45, 2.75) is 31.4 Å². The number of Topliss-reactive ketones (excluding diaryl/α,β-unsaturated/α-hetero) is 1. The van der Waals surface area contributed by atoms with Gasteiger partial charge in [0, 0.05) is 24.5 Å². The first-order valence-corrected chi connectivity index (χ1v) is 12.2. The Bertz CT molecular complexity index is 1070. The molecule has 0 spiro atoms. The van der Waals surface area contributed by atoms with Crippen LogP contribution in [0.2, 0.25) is 0 Å². The molecule has 1 N–H and O–H groups in total. The lowest BCUT2D eigenvalue weighted by atomic mass is 9.89. The van der Waals surface area contributed by atoms with Gasteiger partial charge in [0.05, 0.1) is 17.9 Å². The Hall–Kier alpha value is -2.61. The molecule has 2 aliphatic rings. The number of carbonyl (C=O) groups is 3. The van der Waals surface area contributed by atoms with Crippen molar-refractivity contribution in [2.75, 3.05) is 11.6 Å². The van der Waals surface area contributed by atoms with Crippen molar-refractivity contribution in [3.63, 3.8) is 0 Å². The van der Waals surface area contributed by atoms with Crippen molar-refractivity contribution in [3.05, 3.63) is 82.6 Å². The number of alkyl halides is 1. The Morgan fingerprint density at radius 1 is 1.06 bits per heavy atom. The first kappa shape index (κ1) is 23.5. The summed E-state index contributed by atoms with van der Waals surface area (Å²) in [5.74, 6) is -0.646. The Labute approximate surface area is 201 Å². The van der Waals surface area contributed by atoms with Gasteiger partial charge in [0.2, 0.25) is 5.91 Å². The molecule has 8 heteroatoms. The molecule has 2 heterocycles. The lowest BCUT2D eigenvalue weighted by Gasteiger charge is -2.49. The number of β-lactam (4-membered cyclic amide) rings is 1. The average Bonchev–Trinajstić information content (AvgIpc) is 2.85. The first-order valence-electron chi connectivity index (χ1n) is 10.7. The first-order chi connectivity index (χ1) is 16.0. The summed E-state index contributed by atoms with van der Waals surface area (Å²) >= 11 is 7.60. The van der Waals surface area contributed by atoms with Gasteiger partial charge in [-0.2, -0.15) is 0 Å². The lowest BCUT2D eigenvalue weighted by molar-refractivity contribution is -0.156. The van der Waals surface area contributed by atoms with E-state index in [-0.39, 0.29) is 54.7 Å². The second-order valence-electron chi connectivity index (χ2n) is 8.06. The van der Waals surface area contributed by atoms with Crippen molar-refractivity contribution in [3.8, 4) is 0 Å². The van der Waals surface area contributed by atoms with Gasteiger partial charge < -0.3 is 9.84 Å². The van der Waals surface area contributed by atoms with Crippen molar-refractivity contribution >= 4 is 41.0 Å². The monoisotopic (exact) mass is 485 g/mol. The molecule has 172 valence electrons. The molecule has 0 radical (unpaired) electrons. The Morgan fingerprint density at radius 3 is 2.42 bits per heavy atom. The number of fused-ring (bicyclic) bond motifs is 1. The number of amides is 1.